The summed E-state index contributed by atoms with van der Waals surface area (Å²) in [4.78, 5) is 62.6. The zero-order valence-electron chi connectivity index (χ0n) is 41.4. The molecule has 4 heterocycles. The van der Waals surface area contributed by atoms with E-state index in [0.29, 0.717) is 34.1 Å². The number of rotatable bonds is 8. The number of nitrogen functional groups attached to an aromatic ring is 1. The van der Waals surface area contributed by atoms with Gasteiger partial charge in [0.15, 0.2) is 0 Å². The van der Waals surface area contributed by atoms with E-state index in [0.717, 1.165) is 52.8 Å². The number of carbonyl (C=O) groups excluding carboxylic acids is 4. The first-order chi connectivity index (χ1) is 33.9. The number of hydrogen-bond acceptors (Lipinski definition) is 11. The summed E-state index contributed by atoms with van der Waals surface area (Å²) < 4.78 is 52.1. The van der Waals surface area contributed by atoms with E-state index in [1.54, 1.807) is 91.3 Å². The number of sulfonamides is 1. The standard InChI is InChI=1S/C26H25N3O4S.C16H13N3O2.C10H13ClO2S.C2H5I.CH4.V/c1-26(2,3)17-8-10-19(11-9-17)34(32,33)28-21-13-12-20(16-6-7-16)22-23(21)25(31)29(24(22)30)18-5-4-14-27-15-18;17-12-6-5-11(9-3-4-9)13-14(12)16(21)19(15(13)20)10-2-1-7-18-8-10;1-10(2,3)8-4-6-9(7-5-8)14(11,12)13;1-2-3;;/h4-5,8-16,28H,6-7H2,1-3H3;1-2,5-9H,3-4,17H2;4-7H,1-3H3;2H2,1H3;1H4;. The molecule has 0 saturated heterocycles. The molecule has 2 aliphatic heterocycles. The smallest absolute Gasteiger partial charge is 0.268 e. The van der Waals surface area contributed by atoms with Crippen molar-refractivity contribution in [3.05, 3.63) is 166 Å². The van der Waals surface area contributed by atoms with Crippen LogP contribution in [0.4, 0.5) is 22.7 Å². The van der Waals surface area contributed by atoms with Gasteiger partial charge in [0.25, 0.3) is 42.7 Å². The second-order valence-corrected chi connectivity index (χ2v) is 25.4. The topological polar surface area (TPSA) is 207 Å². The summed E-state index contributed by atoms with van der Waals surface area (Å²) in [7, 11) is -2.38. The molecule has 74 heavy (non-hydrogen) atoms. The quantitative estimate of drug-likeness (QED) is 0.0482. The Morgan fingerprint density at radius 2 is 0.986 bits per heavy atom. The van der Waals surface area contributed by atoms with Gasteiger partial charge in [0.2, 0.25) is 0 Å². The molecule has 10 rings (SSSR count). The van der Waals surface area contributed by atoms with Crippen LogP contribution in [0.15, 0.2) is 132 Å². The summed E-state index contributed by atoms with van der Waals surface area (Å²) in [5.41, 5.74) is 12.2. The van der Waals surface area contributed by atoms with Gasteiger partial charge in [-0.1, -0.05) is 115 Å². The van der Waals surface area contributed by atoms with Crippen LogP contribution in [0, 0.1) is 0 Å². The Bertz CT molecular complexity index is 3270. The molecular formula is C55H60ClIN6O8S2V. The number of nitrogens with one attached hydrogen (secondary N) is 1. The fourth-order valence-electron chi connectivity index (χ4n) is 8.25. The zero-order chi connectivity index (χ0) is 52.5. The third kappa shape index (κ3) is 13.1. The second kappa shape index (κ2) is 23.6. The van der Waals surface area contributed by atoms with Crippen molar-refractivity contribution in [3.63, 3.8) is 0 Å². The maximum atomic E-state index is 13.4. The van der Waals surface area contributed by atoms with E-state index in [1.807, 2.05) is 6.07 Å². The second-order valence-electron chi connectivity index (χ2n) is 19.7. The molecule has 1 radical (unpaired) electrons. The predicted molar refractivity (Wildman–Crippen MR) is 297 cm³/mol. The van der Waals surface area contributed by atoms with Crippen LogP contribution < -0.4 is 20.3 Å². The average Bonchev–Trinajstić information content (AvgIpc) is 4.28. The molecule has 2 saturated carbocycles. The van der Waals surface area contributed by atoms with E-state index in [9.17, 15) is 36.0 Å². The summed E-state index contributed by atoms with van der Waals surface area (Å²) in [6, 6.07) is 26.9. The fourth-order valence-corrected chi connectivity index (χ4v) is 10.1. The number of hydrogen-bond donors (Lipinski definition) is 2. The van der Waals surface area contributed by atoms with Crippen LogP contribution in [0.5, 0.6) is 0 Å². The summed E-state index contributed by atoms with van der Waals surface area (Å²) in [6.07, 6.45) is 10.1. The number of halogens is 2. The number of aromatic nitrogens is 2. The van der Waals surface area contributed by atoms with E-state index in [4.69, 9.17) is 16.4 Å². The maximum Gasteiger partial charge on any atom is 0.268 e. The number of benzene rings is 4. The molecule has 0 bridgehead atoms. The zero-order valence-corrected chi connectivity index (χ0v) is 47.3. The van der Waals surface area contributed by atoms with Gasteiger partial charge in [0.05, 0.1) is 61.5 Å². The van der Waals surface area contributed by atoms with Gasteiger partial charge < -0.3 is 5.73 Å². The van der Waals surface area contributed by atoms with E-state index in [2.05, 4.69) is 85.7 Å². The molecule has 0 atom stereocenters. The van der Waals surface area contributed by atoms with Gasteiger partial charge in [-0.25, -0.2) is 26.6 Å². The minimum absolute atomic E-state index is 0. The summed E-state index contributed by atoms with van der Waals surface area (Å²) in [5.74, 6) is -1.08. The molecular weight excluding hydrogens is 1150 g/mol. The van der Waals surface area contributed by atoms with Crippen molar-refractivity contribution < 1.29 is 54.6 Å². The normalized spacial score (nSPS) is 14.9. The van der Waals surface area contributed by atoms with Crippen molar-refractivity contribution in [1.29, 1.82) is 0 Å². The molecule has 0 spiro atoms. The molecule has 6 aromatic rings. The first-order valence-electron chi connectivity index (χ1n) is 23.3. The Balaban J connectivity index is 0.000000216. The van der Waals surface area contributed by atoms with Gasteiger partial charge in [-0.05, 0) is 136 Å². The summed E-state index contributed by atoms with van der Waals surface area (Å²) >= 11 is 2.29. The van der Waals surface area contributed by atoms with Crippen molar-refractivity contribution in [1.82, 2.24) is 9.97 Å². The first kappa shape index (κ1) is 59.4. The number of amides is 4. The van der Waals surface area contributed by atoms with Gasteiger partial charge in [0.1, 0.15) is 0 Å². The van der Waals surface area contributed by atoms with E-state index in [1.165, 1.54) is 33.9 Å². The Hall–Kier alpha value is -5.44. The number of nitrogens with two attached hydrogens (primary N) is 1. The average molecular weight is 1210 g/mol. The number of anilines is 4. The molecule has 2 aliphatic carbocycles. The number of pyridine rings is 2. The molecule has 14 nitrogen and oxygen atoms in total. The van der Waals surface area contributed by atoms with Crippen molar-refractivity contribution in [2.45, 2.75) is 114 Å². The van der Waals surface area contributed by atoms with Gasteiger partial charge in [0, 0.05) is 47.3 Å². The van der Waals surface area contributed by atoms with Gasteiger partial charge in [-0.15, -0.1) is 0 Å². The molecule has 0 unspecified atom stereocenters. The molecule has 2 aromatic heterocycles. The SMILES string of the molecule is C.CC(C)(C)c1ccc(S(=O)(=O)Cl)cc1.CC(C)(C)c1ccc(S(=O)(=O)Nc2ccc(C3CC3)c3c2C(=O)N(c2cccnc2)C3=O)cc1.CCI.Nc1ccc(C2CC2)c2c1C(=O)N(c1cccnc1)C2=O.[V]. The van der Waals surface area contributed by atoms with Crippen LogP contribution in [0.2, 0.25) is 0 Å². The number of fused-ring (bicyclic) bond motifs is 2. The van der Waals surface area contributed by atoms with E-state index >= 15 is 0 Å². The van der Waals surface area contributed by atoms with Crippen LogP contribution in [-0.2, 0) is 48.5 Å². The molecule has 3 N–H and O–H groups in total. The minimum atomic E-state index is -3.98. The van der Waals surface area contributed by atoms with Crippen LogP contribution >= 0.6 is 33.3 Å². The van der Waals surface area contributed by atoms with Crippen LogP contribution in [-0.4, -0.2) is 54.9 Å². The first-order valence-corrected chi connectivity index (χ1v) is 28.6. The third-order valence-electron chi connectivity index (χ3n) is 12.3. The molecule has 4 amide bonds. The summed E-state index contributed by atoms with van der Waals surface area (Å²) in [5, 5.41) is 0. The van der Waals surface area contributed by atoms with Crippen molar-refractivity contribution in [2.75, 3.05) is 24.7 Å². The van der Waals surface area contributed by atoms with Crippen LogP contribution in [0.3, 0.4) is 0 Å². The Morgan fingerprint density at radius 1 is 0.608 bits per heavy atom. The molecule has 2 fully saturated rings. The van der Waals surface area contributed by atoms with Crippen LogP contribution in [0.25, 0.3) is 0 Å². The van der Waals surface area contributed by atoms with Gasteiger partial charge >= 0.3 is 0 Å². The van der Waals surface area contributed by atoms with Crippen molar-refractivity contribution in [3.8, 4) is 0 Å². The molecule has 4 aliphatic rings. The van der Waals surface area contributed by atoms with E-state index < -0.39 is 30.9 Å². The number of nitrogens with zero attached hydrogens (tertiary/aromatic N) is 4. The largest absolute Gasteiger partial charge is 0.398 e. The molecule has 4 aromatic carbocycles. The monoisotopic (exact) mass is 1210 g/mol. The van der Waals surface area contributed by atoms with Crippen molar-refractivity contribution >= 4 is 98.7 Å². The molecule has 389 valence electrons. The Kier molecular flexibility index (Phi) is 19.0. The Morgan fingerprint density at radius 3 is 1.36 bits per heavy atom. The number of imide groups is 2. The van der Waals surface area contributed by atoms with Gasteiger partial charge in [-0.2, -0.15) is 0 Å². The van der Waals surface area contributed by atoms with Gasteiger partial charge in [-0.3, -0.25) is 33.9 Å². The number of alkyl halides is 1. The van der Waals surface area contributed by atoms with Crippen LogP contribution in [0.1, 0.15) is 157 Å². The predicted octanol–water partition coefficient (Wildman–Crippen LogP) is 12.2. The van der Waals surface area contributed by atoms with Crippen molar-refractivity contribution in [2.24, 2.45) is 0 Å². The Labute approximate surface area is 464 Å². The molecule has 19 heteroatoms. The summed E-state index contributed by atoms with van der Waals surface area (Å²) in [6.45, 7) is 14.5. The third-order valence-corrected chi connectivity index (χ3v) is 15.0. The fraction of sp³-hybridized carbons (Fsp3) is 0.309. The maximum absolute atomic E-state index is 13.4. The number of carbonyl (C=O) groups is 4. The van der Waals surface area contributed by atoms with E-state index in [-0.39, 0.29) is 81.1 Å². The minimum Gasteiger partial charge on any atom is -0.398 e.